The minimum Gasteiger partial charge on any atom is -0.497 e. The summed E-state index contributed by atoms with van der Waals surface area (Å²) in [5.74, 6) is 1.32. The van der Waals surface area contributed by atoms with Crippen LogP contribution in [0.3, 0.4) is 0 Å². The molecule has 2 aromatic rings. The van der Waals surface area contributed by atoms with Crippen LogP contribution in [0.2, 0.25) is 0 Å². The number of hydrogen-bond acceptors (Lipinski definition) is 5. The van der Waals surface area contributed by atoms with Crippen LogP contribution in [-0.2, 0) is 11.2 Å². The second-order valence-corrected chi connectivity index (χ2v) is 8.09. The van der Waals surface area contributed by atoms with Gasteiger partial charge in [0, 0.05) is 25.8 Å². The number of ether oxygens (including phenoxy) is 2. The van der Waals surface area contributed by atoms with Gasteiger partial charge in [-0.3, -0.25) is 9.69 Å². The van der Waals surface area contributed by atoms with Crippen molar-refractivity contribution in [2.75, 3.05) is 51.8 Å². The van der Waals surface area contributed by atoms with Crippen LogP contribution in [-0.4, -0.2) is 57.8 Å². The Kier molecular flexibility index (Phi) is 6.43. The van der Waals surface area contributed by atoms with Gasteiger partial charge < -0.3 is 19.7 Å². The van der Waals surface area contributed by atoms with E-state index in [0.717, 1.165) is 31.8 Å². The summed E-state index contributed by atoms with van der Waals surface area (Å²) >= 11 is 0. The van der Waals surface area contributed by atoms with Gasteiger partial charge in [-0.05, 0) is 73.8 Å². The second kappa shape index (κ2) is 9.39. The highest BCUT2D eigenvalue weighted by atomic mass is 16.5. The molecule has 6 heteroatoms. The lowest BCUT2D eigenvalue weighted by molar-refractivity contribution is -0.123. The molecule has 0 saturated carbocycles. The predicted octanol–water partition coefficient (Wildman–Crippen LogP) is 3.02. The number of carbonyl (C=O) groups is 1. The van der Waals surface area contributed by atoms with Crippen molar-refractivity contribution >= 4 is 11.6 Å². The number of nitrogens with zero attached hydrogens (tertiary/aromatic N) is 2. The number of rotatable bonds is 8. The molecule has 1 N–H and O–H groups in total. The number of amides is 1. The van der Waals surface area contributed by atoms with Gasteiger partial charge in [-0.1, -0.05) is 12.1 Å². The molecule has 1 saturated heterocycles. The highest BCUT2D eigenvalue weighted by molar-refractivity contribution is 5.77. The van der Waals surface area contributed by atoms with E-state index in [1.165, 1.54) is 29.7 Å². The zero-order chi connectivity index (χ0) is 20.9. The Morgan fingerprint density at radius 2 is 1.80 bits per heavy atom. The molecule has 160 valence electrons. The van der Waals surface area contributed by atoms with Gasteiger partial charge in [0.05, 0.1) is 13.2 Å². The van der Waals surface area contributed by atoms with Gasteiger partial charge >= 0.3 is 0 Å². The second-order valence-electron chi connectivity index (χ2n) is 8.09. The van der Waals surface area contributed by atoms with E-state index in [2.05, 4.69) is 40.4 Å². The first kappa shape index (κ1) is 20.5. The molecule has 6 nitrogen and oxygen atoms in total. The van der Waals surface area contributed by atoms with Gasteiger partial charge in [0.15, 0.2) is 6.61 Å². The molecule has 2 aromatic carbocycles. The molecule has 1 amide bonds. The van der Waals surface area contributed by atoms with Crippen LogP contribution in [0.4, 0.5) is 5.69 Å². The minimum atomic E-state index is -0.101. The van der Waals surface area contributed by atoms with Crippen molar-refractivity contribution in [3.63, 3.8) is 0 Å². The van der Waals surface area contributed by atoms with Gasteiger partial charge in [-0.2, -0.15) is 0 Å². The number of likely N-dealkylation sites (N-methyl/N-ethyl adjacent to an activating group) is 1. The molecule has 4 rings (SSSR count). The molecule has 1 fully saturated rings. The smallest absolute Gasteiger partial charge is 0.258 e. The third-order valence-electron chi connectivity index (χ3n) is 6.12. The molecular formula is C24H31N3O3. The lowest BCUT2D eigenvalue weighted by Gasteiger charge is -2.29. The molecule has 2 aliphatic heterocycles. The Bertz CT molecular complexity index is 862. The molecule has 0 spiro atoms. The predicted molar refractivity (Wildman–Crippen MR) is 118 cm³/mol. The Morgan fingerprint density at radius 3 is 2.53 bits per heavy atom. The van der Waals surface area contributed by atoms with E-state index in [4.69, 9.17) is 9.47 Å². The normalized spacial score (nSPS) is 16.9. The maximum absolute atomic E-state index is 12.4. The monoisotopic (exact) mass is 409 g/mol. The summed E-state index contributed by atoms with van der Waals surface area (Å²) in [6.45, 7) is 3.85. The fourth-order valence-corrected chi connectivity index (χ4v) is 4.39. The molecule has 30 heavy (non-hydrogen) atoms. The summed E-state index contributed by atoms with van der Waals surface area (Å²) in [5, 5.41) is 3.09. The highest BCUT2D eigenvalue weighted by Gasteiger charge is 2.26. The lowest BCUT2D eigenvalue weighted by Crippen LogP contribution is -2.38. The standard InChI is InChI=1S/C24H31N3O3/c1-26-14-11-19-15-18(5-10-22(19)26)23(27-12-3-4-13-27)16-25-24(28)17-30-21-8-6-20(29-2)7-9-21/h5-10,15,23H,3-4,11-14,16-17H2,1-2H3,(H,25,28)/t23-/m0/s1. The summed E-state index contributed by atoms with van der Waals surface area (Å²) < 4.78 is 10.8. The van der Waals surface area contributed by atoms with E-state index < -0.39 is 0 Å². The number of benzene rings is 2. The van der Waals surface area contributed by atoms with Crippen LogP contribution in [0.15, 0.2) is 42.5 Å². The summed E-state index contributed by atoms with van der Waals surface area (Å²) in [6, 6.07) is 14.3. The number of nitrogens with one attached hydrogen (secondary N) is 1. The van der Waals surface area contributed by atoms with Crippen LogP contribution < -0.4 is 19.7 Å². The zero-order valence-corrected chi connectivity index (χ0v) is 17.9. The van der Waals surface area contributed by atoms with E-state index in [1.54, 1.807) is 19.2 Å². The number of hydrogen-bond donors (Lipinski definition) is 1. The summed E-state index contributed by atoms with van der Waals surface area (Å²) in [5.41, 5.74) is 4.03. The van der Waals surface area contributed by atoms with Crippen molar-refractivity contribution in [3.8, 4) is 11.5 Å². The van der Waals surface area contributed by atoms with Crippen LogP contribution in [0.1, 0.15) is 30.0 Å². The topological polar surface area (TPSA) is 54.0 Å². The van der Waals surface area contributed by atoms with Crippen molar-refractivity contribution in [2.24, 2.45) is 0 Å². The molecule has 2 heterocycles. The fraction of sp³-hybridized carbons (Fsp3) is 0.458. The first-order valence-corrected chi connectivity index (χ1v) is 10.8. The van der Waals surface area contributed by atoms with Crippen molar-refractivity contribution in [3.05, 3.63) is 53.6 Å². The maximum Gasteiger partial charge on any atom is 0.258 e. The van der Waals surface area contributed by atoms with Crippen molar-refractivity contribution < 1.29 is 14.3 Å². The van der Waals surface area contributed by atoms with Crippen LogP contribution in [0.5, 0.6) is 11.5 Å². The quantitative estimate of drug-likeness (QED) is 0.726. The van der Waals surface area contributed by atoms with E-state index in [0.29, 0.717) is 12.3 Å². The van der Waals surface area contributed by atoms with E-state index in [9.17, 15) is 4.79 Å². The van der Waals surface area contributed by atoms with Gasteiger partial charge in [0.2, 0.25) is 0 Å². The molecular weight excluding hydrogens is 378 g/mol. The Labute approximate surface area is 178 Å². The number of anilines is 1. The molecule has 0 bridgehead atoms. The minimum absolute atomic E-state index is 0.00797. The van der Waals surface area contributed by atoms with Crippen LogP contribution in [0, 0.1) is 0 Å². The van der Waals surface area contributed by atoms with E-state index in [1.807, 2.05) is 12.1 Å². The molecule has 1 atom stereocenters. The Hall–Kier alpha value is -2.73. The lowest BCUT2D eigenvalue weighted by atomic mass is 10.0. The van der Waals surface area contributed by atoms with E-state index >= 15 is 0 Å². The van der Waals surface area contributed by atoms with Gasteiger partial charge in [-0.25, -0.2) is 0 Å². The van der Waals surface area contributed by atoms with Crippen LogP contribution in [0.25, 0.3) is 0 Å². The highest BCUT2D eigenvalue weighted by Crippen LogP contribution is 2.32. The first-order chi connectivity index (χ1) is 14.6. The Morgan fingerprint density at radius 1 is 1.07 bits per heavy atom. The van der Waals surface area contributed by atoms with Gasteiger partial charge in [0.25, 0.3) is 5.91 Å². The van der Waals surface area contributed by atoms with Crippen LogP contribution >= 0.6 is 0 Å². The molecule has 0 unspecified atom stereocenters. The third-order valence-corrected chi connectivity index (χ3v) is 6.12. The SMILES string of the molecule is COc1ccc(OCC(=O)NC[C@@H](c2ccc3c(c2)CCN3C)N2CCCC2)cc1. The van der Waals surface area contributed by atoms with Crippen molar-refractivity contribution in [2.45, 2.75) is 25.3 Å². The summed E-state index contributed by atoms with van der Waals surface area (Å²) in [6.07, 6.45) is 3.53. The number of likely N-dealkylation sites (tertiary alicyclic amines) is 1. The average Bonchev–Trinajstić information content (AvgIpc) is 3.43. The van der Waals surface area contributed by atoms with E-state index in [-0.39, 0.29) is 18.6 Å². The van der Waals surface area contributed by atoms with Crippen molar-refractivity contribution in [1.82, 2.24) is 10.2 Å². The molecule has 0 aliphatic carbocycles. The van der Waals surface area contributed by atoms with Gasteiger partial charge in [0.1, 0.15) is 11.5 Å². The van der Waals surface area contributed by atoms with Crippen molar-refractivity contribution in [1.29, 1.82) is 0 Å². The Balaban J connectivity index is 1.37. The zero-order valence-electron chi connectivity index (χ0n) is 17.9. The fourth-order valence-electron chi connectivity index (χ4n) is 4.39. The average molecular weight is 410 g/mol. The largest absolute Gasteiger partial charge is 0.497 e. The summed E-state index contributed by atoms with van der Waals surface area (Å²) in [4.78, 5) is 17.2. The molecule has 2 aliphatic rings. The molecule has 0 radical (unpaired) electrons. The maximum atomic E-state index is 12.4. The number of methoxy groups -OCH3 is 1. The van der Waals surface area contributed by atoms with Gasteiger partial charge in [-0.15, -0.1) is 0 Å². The number of carbonyl (C=O) groups excluding carboxylic acids is 1. The third kappa shape index (κ3) is 4.70. The summed E-state index contributed by atoms with van der Waals surface area (Å²) in [7, 11) is 3.77. The first-order valence-electron chi connectivity index (χ1n) is 10.8. The molecule has 0 aromatic heterocycles. The number of fused-ring (bicyclic) bond motifs is 1.